The Labute approximate surface area is 86.3 Å². The van der Waals surface area contributed by atoms with E-state index < -0.39 is 0 Å². The molecule has 0 unspecified atom stereocenters. The van der Waals surface area contributed by atoms with Crippen LogP contribution in [0.4, 0.5) is 11.6 Å². The quantitative estimate of drug-likeness (QED) is 0.414. The van der Waals surface area contributed by atoms with Gasteiger partial charge >= 0.3 is 0 Å². The summed E-state index contributed by atoms with van der Waals surface area (Å²) < 4.78 is 5.23. The summed E-state index contributed by atoms with van der Waals surface area (Å²) in [6.07, 6.45) is 0. The van der Waals surface area contributed by atoms with Crippen LogP contribution in [0.2, 0.25) is 0 Å². The van der Waals surface area contributed by atoms with Crippen molar-refractivity contribution < 1.29 is 4.74 Å². The summed E-state index contributed by atoms with van der Waals surface area (Å²) >= 11 is 0. The van der Waals surface area contributed by atoms with Gasteiger partial charge in [0.05, 0.1) is 13.2 Å². The number of hydrogen-bond donors (Lipinski definition) is 0. The van der Waals surface area contributed by atoms with E-state index in [1.165, 1.54) is 0 Å². The number of rotatable bonds is 2. The predicted octanol–water partition coefficient (Wildman–Crippen LogP) is 1.25. The molecule has 0 saturated carbocycles. The fourth-order valence-corrected chi connectivity index (χ4v) is 1.38. The summed E-state index contributed by atoms with van der Waals surface area (Å²) in [5.74, 6) is 1.07. The zero-order valence-corrected chi connectivity index (χ0v) is 8.07. The normalized spacial score (nSPS) is 15.9. The van der Waals surface area contributed by atoms with Gasteiger partial charge in [-0.1, -0.05) is 0 Å². The van der Waals surface area contributed by atoms with Gasteiger partial charge in [0, 0.05) is 18.0 Å². The maximum absolute atomic E-state index is 8.20. The lowest BCUT2D eigenvalue weighted by atomic mass is 10.4. The zero-order chi connectivity index (χ0) is 10.5. The monoisotopic (exact) mass is 206 g/mol. The topological polar surface area (TPSA) is 87.0 Å². The molecule has 1 aromatic heterocycles. The van der Waals surface area contributed by atoms with E-state index in [-0.39, 0.29) is 5.82 Å². The Morgan fingerprint density at radius 3 is 2.73 bits per heavy atom. The number of azide groups is 1. The molecule has 0 N–H and O–H groups in total. The third-order valence-electron chi connectivity index (χ3n) is 2.12. The summed E-state index contributed by atoms with van der Waals surface area (Å²) in [5, 5.41) is 11.1. The van der Waals surface area contributed by atoms with Gasteiger partial charge in [0.15, 0.2) is 5.82 Å². The molecule has 0 amide bonds. The van der Waals surface area contributed by atoms with Crippen LogP contribution in [0.3, 0.4) is 0 Å². The SMILES string of the molecule is [N-]=[N+]=Nc1ccc(N2CCOCC2)nn1. The molecule has 1 aliphatic heterocycles. The first-order chi connectivity index (χ1) is 7.40. The minimum absolute atomic E-state index is 0.287. The highest BCUT2D eigenvalue weighted by molar-refractivity contribution is 5.41. The molecular formula is C8H10N6O. The summed E-state index contributed by atoms with van der Waals surface area (Å²) in [6, 6.07) is 3.44. The van der Waals surface area contributed by atoms with Crippen LogP contribution in [0.15, 0.2) is 17.2 Å². The van der Waals surface area contributed by atoms with E-state index in [0.29, 0.717) is 13.2 Å². The van der Waals surface area contributed by atoms with Crippen LogP contribution < -0.4 is 4.90 Å². The Morgan fingerprint density at radius 2 is 2.13 bits per heavy atom. The Balaban J connectivity index is 2.11. The van der Waals surface area contributed by atoms with Crippen LogP contribution in [-0.2, 0) is 4.74 Å². The van der Waals surface area contributed by atoms with Crippen molar-refractivity contribution in [2.24, 2.45) is 5.11 Å². The van der Waals surface area contributed by atoms with Crippen LogP contribution >= 0.6 is 0 Å². The highest BCUT2D eigenvalue weighted by atomic mass is 16.5. The van der Waals surface area contributed by atoms with Gasteiger partial charge in [-0.25, -0.2) is 0 Å². The van der Waals surface area contributed by atoms with Gasteiger partial charge in [0.25, 0.3) is 0 Å². The van der Waals surface area contributed by atoms with Crippen LogP contribution in [-0.4, -0.2) is 36.5 Å². The molecule has 0 radical (unpaired) electrons. The first-order valence-electron chi connectivity index (χ1n) is 4.61. The molecule has 0 atom stereocenters. The van der Waals surface area contributed by atoms with Gasteiger partial charge in [-0.3, -0.25) is 0 Å². The molecule has 7 heteroatoms. The lowest BCUT2D eigenvalue weighted by Crippen LogP contribution is -2.36. The molecule has 0 spiro atoms. The van der Waals surface area contributed by atoms with Gasteiger partial charge in [0.2, 0.25) is 0 Å². The Morgan fingerprint density at radius 1 is 1.33 bits per heavy atom. The largest absolute Gasteiger partial charge is 0.378 e. The van der Waals surface area contributed by atoms with Gasteiger partial charge in [-0.05, 0) is 22.8 Å². The summed E-state index contributed by atoms with van der Waals surface area (Å²) in [4.78, 5) is 4.72. The molecule has 1 aliphatic rings. The van der Waals surface area contributed by atoms with Crippen molar-refractivity contribution in [3.8, 4) is 0 Å². The van der Waals surface area contributed by atoms with E-state index in [1.807, 2.05) is 0 Å². The highest BCUT2D eigenvalue weighted by Crippen LogP contribution is 2.14. The minimum Gasteiger partial charge on any atom is -0.378 e. The molecule has 0 aliphatic carbocycles. The van der Waals surface area contributed by atoms with Crippen molar-refractivity contribution in [3.63, 3.8) is 0 Å². The van der Waals surface area contributed by atoms with Crippen LogP contribution in [0.5, 0.6) is 0 Å². The third-order valence-corrected chi connectivity index (χ3v) is 2.12. The van der Waals surface area contributed by atoms with Crippen molar-refractivity contribution >= 4 is 11.6 Å². The summed E-state index contributed by atoms with van der Waals surface area (Å²) in [6.45, 7) is 3.05. The Kier molecular flexibility index (Phi) is 2.96. The highest BCUT2D eigenvalue weighted by Gasteiger charge is 2.12. The van der Waals surface area contributed by atoms with Gasteiger partial charge in [-0.15, -0.1) is 10.2 Å². The fraction of sp³-hybridized carbons (Fsp3) is 0.500. The lowest BCUT2D eigenvalue weighted by Gasteiger charge is -2.27. The maximum Gasteiger partial charge on any atom is 0.151 e. The van der Waals surface area contributed by atoms with Crippen LogP contribution in [0, 0.1) is 0 Å². The number of aromatic nitrogens is 2. The van der Waals surface area contributed by atoms with Crippen molar-refractivity contribution in [1.82, 2.24) is 10.2 Å². The number of hydrogen-bond acceptors (Lipinski definition) is 5. The Hall–Kier alpha value is -1.85. The molecule has 1 saturated heterocycles. The van der Waals surface area contributed by atoms with E-state index in [9.17, 15) is 0 Å². The number of nitrogens with zero attached hydrogens (tertiary/aromatic N) is 6. The second-order valence-corrected chi connectivity index (χ2v) is 3.04. The molecule has 1 fully saturated rings. The molecule has 2 heterocycles. The minimum atomic E-state index is 0.287. The van der Waals surface area contributed by atoms with E-state index in [1.54, 1.807) is 12.1 Å². The van der Waals surface area contributed by atoms with E-state index in [0.717, 1.165) is 18.9 Å². The van der Waals surface area contributed by atoms with Crippen molar-refractivity contribution in [2.75, 3.05) is 31.2 Å². The fourth-order valence-electron chi connectivity index (χ4n) is 1.38. The van der Waals surface area contributed by atoms with E-state index in [4.69, 9.17) is 10.3 Å². The first-order valence-corrected chi connectivity index (χ1v) is 4.61. The first kappa shape index (κ1) is 9.70. The average molecular weight is 206 g/mol. The molecule has 15 heavy (non-hydrogen) atoms. The Bertz CT molecular complexity index is 365. The van der Waals surface area contributed by atoms with E-state index in [2.05, 4.69) is 25.1 Å². The molecule has 2 rings (SSSR count). The van der Waals surface area contributed by atoms with Crippen molar-refractivity contribution in [1.29, 1.82) is 0 Å². The zero-order valence-electron chi connectivity index (χ0n) is 8.07. The smallest absolute Gasteiger partial charge is 0.151 e. The average Bonchev–Trinajstić information content (AvgIpc) is 2.32. The number of morpholine rings is 1. The maximum atomic E-state index is 8.20. The second-order valence-electron chi connectivity index (χ2n) is 3.04. The number of anilines is 1. The van der Waals surface area contributed by atoms with Crippen molar-refractivity contribution in [3.05, 3.63) is 22.6 Å². The molecule has 0 aromatic carbocycles. The second kappa shape index (κ2) is 4.59. The predicted molar refractivity (Wildman–Crippen MR) is 53.9 cm³/mol. The molecule has 0 bridgehead atoms. The number of ether oxygens (including phenoxy) is 1. The lowest BCUT2D eigenvalue weighted by molar-refractivity contribution is 0.122. The van der Waals surface area contributed by atoms with Gasteiger partial charge in [0.1, 0.15) is 5.82 Å². The van der Waals surface area contributed by atoms with Crippen LogP contribution in [0.25, 0.3) is 10.4 Å². The van der Waals surface area contributed by atoms with E-state index >= 15 is 0 Å². The molecule has 78 valence electrons. The molecular weight excluding hydrogens is 196 g/mol. The van der Waals surface area contributed by atoms with Gasteiger partial charge < -0.3 is 9.64 Å². The summed E-state index contributed by atoms with van der Waals surface area (Å²) in [7, 11) is 0. The van der Waals surface area contributed by atoms with Gasteiger partial charge in [-0.2, -0.15) is 0 Å². The van der Waals surface area contributed by atoms with Crippen LogP contribution in [0.1, 0.15) is 0 Å². The molecule has 1 aromatic rings. The molecule has 7 nitrogen and oxygen atoms in total. The van der Waals surface area contributed by atoms with Crippen molar-refractivity contribution in [2.45, 2.75) is 0 Å². The summed E-state index contributed by atoms with van der Waals surface area (Å²) in [5.41, 5.74) is 8.20. The third kappa shape index (κ3) is 2.34. The standard InChI is InChI=1S/C8H10N6O/c9-13-11-7-1-2-8(12-10-7)14-3-5-15-6-4-14/h1-2H,3-6H2.